The number of halogens is 2. The van der Waals surface area contributed by atoms with E-state index in [0.717, 1.165) is 24.1 Å². The van der Waals surface area contributed by atoms with Crippen molar-refractivity contribution in [2.45, 2.75) is 26.7 Å². The molecular weight excluding hydrogens is 376 g/mol. The van der Waals surface area contributed by atoms with E-state index in [1.54, 1.807) is 18.4 Å². The maximum atomic E-state index is 6.18. The summed E-state index contributed by atoms with van der Waals surface area (Å²) in [6.07, 6.45) is 2.11. The van der Waals surface area contributed by atoms with Gasteiger partial charge in [0.15, 0.2) is 4.47 Å². The van der Waals surface area contributed by atoms with Gasteiger partial charge in [-0.15, -0.1) is 11.3 Å². The number of thiazole rings is 1. The Hall–Kier alpha value is 0.01000. The van der Waals surface area contributed by atoms with Crippen LogP contribution in [0.2, 0.25) is 9.49 Å². The molecule has 1 aromatic carbocycles. The van der Waals surface area contributed by atoms with Crippen LogP contribution in [0.4, 0.5) is 0 Å². The standard InChI is InChI=1S/C15H17Cl2NOS.H3PS/c1-9(2)4-7-13-14(18-15(17)20-13)10-5-6-12(19-3)11(16)8-10;1-2/h5-6,8-9H,4,7H2,1-3H3;2H,1H2. The van der Waals surface area contributed by atoms with Crippen LogP contribution >= 0.6 is 55.2 Å². The van der Waals surface area contributed by atoms with Gasteiger partial charge in [-0.1, -0.05) is 45.5 Å². The molecule has 22 heavy (non-hydrogen) atoms. The number of ether oxygens (including phenoxy) is 1. The van der Waals surface area contributed by atoms with Crippen molar-refractivity contribution in [2.75, 3.05) is 7.11 Å². The van der Waals surface area contributed by atoms with Crippen LogP contribution in [0.1, 0.15) is 25.1 Å². The van der Waals surface area contributed by atoms with Crippen molar-refractivity contribution < 1.29 is 4.74 Å². The van der Waals surface area contributed by atoms with Gasteiger partial charge >= 0.3 is 0 Å². The number of benzene rings is 1. The molecule has 1 unspecified atom stereocenters. The topological polar surface area (TPSA) is 22.1 Å². The lowest BCUT2D eigenvalue weighted by atomic mass is 10.0. The molecular formula is C15H20Cl2NOPS2. The molecule has 0 saturated carbocycles. The van der Waals surface area contributed by atoms with Crippen molar-refractivity contribution in [1.82, 2.24) is 4.98 Å². The first-order valence-electron chi connectivity index (χ1n) is 6.76. The minimum absolute atomic E-state index is 0.575. The summed E-state index contributed by atoms with van der Waals surface area (Å²) in [6, 6.07) is 5.71. The average molecular weight is 396 g/mol. The lowest BCUT2D eigenvalue weighted by Crippen LogP contribution is -1.92. The highest BCUT2D eigenvalue weighted by molar-refractivity contribution is 8.31. The zero-order valence-electron chi connectivity index (χ0n) is 12.8. The van der Waals surface area contributed by atoms with Gasteiger partial charge in [0.05, 0.1) is 17.8 Å². The van der Waals surface area contributed by atoms with Gasteiger partial charge in [0, 0.05) is 10.4 Å². The molecule has 0 aliphatic heterocycles. The Kier molecular flexibility index (Phi) is 9.11. The van der Waals surface area contributed by atoms with Gasteiger partial charge in [-0.05, 0) is 37.0 Å². The molecule has 0 aliphatic rings. The smallest absolute Gasteiger partial charge is 0.184 e. The zero-order valence-corrected chi connectivity index (χ0v) is 17.1. The van der Waals surface area contributed by atoms with E-state index in [9.17, 15) is 0 Å². The van der Waals surface area contributed by atoms with Crippen LogP contribution in [-0.2, 0) is 6.42 Å². The summed E-state index contributed by atoms with van der Waals surface area (Å²) >= 11 is 17.3. The molecule has 2 nitrogen and oxygen atoms in total. The van der Waals surface area contributed by atoms with Gasteiger partial charge in [-0.3, -0.25) is 0 Å². The lowest BCUT2D eigenvalue weighted by Gasteiger charge is -2.07. The highest BCUT2D eigenvalue weighted by Gasteiger charge is 2.14. The van der Waals surface area contributed by atoms with E-state index in [0.29, 0.717) is 21.2 Å². The Labute approximate surface area is 153 Å². The Bertz CT molecular complexity index is 605. The number of hydrogen-bond acceptors (Lipinski definition) is 4. The van der Waals surface area contributed by atoms with Crippen LogP contribution < -0.4 is 4.74 Å². The third-order valence-corrected chi connectivity index (χ3v) is 4.56. The second kappa shape index (κ2) is 10.00. The van der Waals surface area contributed by atoms with Crippen LogP contribution in [0, 0.1) is 5.92 Å². The first-order valence-corrected chi connectivity index (χ1v) is 10.4. The normalized spacial score (nSPS) is 10.4. The van der Waals surface area contributed by atoms with E-state index in [1.165, 1.54) is 4.88 Å². The van der Waals surface area contributed by atoms with Gasteiger partial charge in [0.25, 0.3) is 0 Å². The largest absolute Gasteiger partial charge is 0.495 e. The summed E-state index contributed by atoms with van der Waals surface area (Å²) in [4.78, 5) is 5.65. The number of aryl methyl sites for hydroxylation is 1. The molecule has 0 aliphatic carbocycles. The molecule has 0 radical (unpaired) electrons. The predicted molar refractivity (Wildman–Crippen MR) is 106 cm³/mol. The molecule has 0 bridgehead atoms. The third kappa shape index (κ3) is 5.58. The van der Waals surface area contributed by atoms with Crippen molar-refractivity contribution in [2.24, 2.45) is 5.92 Å². The summed E-state index contributed by atoms with van der Waals surface area (Å²) in [7, 11) is 3.72. The maximum Gasteiger partial charge on any atom is 0.184 e. The predicted octanol–water partition coefficient (Wildman–Crippen LogP) is 6.42. The first-order chi connectivity index (χ1) is 10.5. The lowest BCUT2D eigenvalue weighted by molar-refractivity contribution is 0.415. The van der Waals surface area contributed by atoms with Crippen LogP contribution in [0.3, 0.4) is 0 Å². The molecule has 0 fully saturated rings. The number of methoxy groups -OCH3 is 1. The van der Waals surface area contributed by atoms with Crippen molar-refractivity contribution in [3.05, 3.63) is 32.6 Å². The fraction of sp³-hybridized carbons (Fsp3) is 0.400. The number of hydrogen-bond donors (Lipinski definition) is 1. The van der Waals surface area contributed by atoms with Crippen LogP contribution in [0.5, 0.6) is 5.75 Å². The molecule has 122 valence electrons. The summed E-state index contributed by atoms with van der Waals surface area (Å²) in [6.45, 7) is 4.43. The molecule has 0 N–H and O–H groups in total. The van der Waals surface area contributed by atoms with E-state index in [1.807, 2.05) is 18.2 Å². The molecule has 0 spiro atoms. The molecule has 0 saturated heterocycles. The minimum Gasteiger partial charge on any atom is -0.495 e. The third-order valence-electron chi connectivity index (χ3n) is 3.05. The van der Waals surface area contributed by atoms with E-state index < -0.39 is 0 Å². The quantitative estimate of drug-likeness (QED) is 0.465. The molecule has 2 rings (SSSR count). The van der Waals surface area contributed by atoms with Crippen molar-refractivity contribution in [3.63, 3.8) is 0 Å². The number of rotatable bonds is 5. The van der Waals surface area contributed by atoms with Crippen molar-refractivity contribution in [3.8, 4) is 17.0 Å². The maximum absolute atomic E-state index is 6.18. The second-order valence-corrected chi connectivity index (χ2v) is 7.09. The summed E-state index contributed by atoms with van der Waals surface area (Å²) < 4.78 is 5.75. The highest BCUT2D eigenvalue weighted by atomic mass is 35.5. The van der Waals surface area contributed by atoms with Gasteiger partial charge in [0.1, 0.15) is 5.75 Å². The van der Waals surface area contributed by atoms with E-state index >= 15 is 0 Å². The Balaban J connectivity index is 0.00000116. The molecule has 2 aromatic rings. The van der Waals surface area contributed by atoms with Crippen molar-refractivity contribution >= 4 is 55.2 Å². The van der Waals surface area contributed by atoms with Gasteiger partial charge in [0.2, 0.25) is 0 Å². The second-order valence-electron chi connectivity index (χ2n) is 5.02. The molecule has 1 aromatic heterocycles. The molecule has 1 atom stereocenters. The van der Waals surface area contributed by atoms with E-state index in [2.05, 4.69) is 39.5 Å². The van der Waals surface area contributed by atoms with Crippen LogP contribution in [0.25, 0.3) is 11.3 Å². The number of nitrogens with zero attached hydrogens (tertiary/aromatic N) is 1. The number of aromatic nitrogens is 1. The summed E-state index contributed by atoms with van der Waals surface area (Å²) in [5, 5.41) is 0.587. The molecule has 0 amide bonds. The van der Waals surface area contributed by atoms with Crippen molar-refractivity contribution in [1.29, 1.82) is 0 Å². The number of thiol groups is 1. The van der Waals surface area contributed by atoms with Gasteiger partial charge < -0.3 is 4.74 Å². The first kappa shape index (κ1) is 20.1. The molecule has 1 heterocycles. The van der Waals surface area contributed by atoms with Crippen LogP contribution in [-0.4, -0.2) is 12.1 Å². The fourth-order valence-corrected chi connectivity index (χ4v) is 3.39. The average Bonchev–Trinajstić information content (AvgIpc) is 2.88. The highest BCUT2D eigenvalue weighted by Crippen LogP contribution is 2.35. The van der Waals surface area contributed by atoms with Gasteiger partial charge in [-0.25, -0.2) is 4.98 Å². The fourth-order valence-electron chi connectivity index (χ4n) is 1.95. The Morgan fingerprint density at radius 1 is 1.32 bits per heavy atom. The monoisotopic (exact) mass is 395 g/mol. The summed E-state index contributed by atoms with van der Waals surface area (Å²) in [5.41, 5.74) is 1.92. The van der Waals surface area contributed by atoms with E-state index in [4.69, 9.17) is 27.9 Å². The summed E-state index contributed by atoms with van der Waals surface area (Å²) in [5.74, 6) is 1.32. The SMILES string of the molecule is COc1ccc(-c2nc(Cl)sc2CCC(C)C)cc1Cl.PS. The van der Waals surface area contributed by atoms with E-state index in [-0.39, 0.29) is 0 Å². The minimum atomic E-state index is 0.575. The Morgan fingerprint density at radius 3 is 2.55 bits per heavy atom. The molecule has 7 heteroatoms. The zero-order chi connectivity index (χ0) is 16.7. The van der Waals surface area contributed by atoms with Gasteiger partial charge in [-0.2, -0.15) is 12.2 Å². The van der Waals surface area contributed by atoms with Crippen LogP contribution in [0.15, 0.2) is 18.2 Å². The Morgan fingerprint density at radius 2 is 2.00 bits per heavy atom.